The minimum absolute atomic E-state index is 0.143. The van der Waals surface area contributed by atoms with Crippen molar-refractivity contribution in [2.75, 3.05) is 6.61 Å². The molecule has 0 aromatic heterocycles. The quantitative estimate of drug-likeness (QED) is 0.638. The van der Waals surface area contributed by atoms with Crippen molar-refractivity contribution in [2.45, 2.75) is 6.92 Å². The zero-order chi connectivity index (χ0) is 15.2. The van der Waals surface area contributed by atoms with E-state index in [1.54, 1.807) is 13.0 Å². The van der Waals surface area contributed by atoms with Crippen LogP contribution in [0.5, 0.6) is 11.5 Å². The number of esters is 1. The van der Waals surface area contributed by atoms with Crippen molar-refractivity contribution in [3.63, 3.8) is 0 Å². The number of carbonyl (C=O) groups is 1. The predicted octanol–water partition coefficient (Wildman–Crippen LogP) is 3.32. The van der Waals surface area contributed by atoms with Gasteiger partial charge in [-0.3, -0.25) is 0 Å². The van der Waals surface area contributed by atoms with Gasteiger partial charge < -0.3 is 9.47 Å². The third-order valence-corrected chi connectivity index (χ3v) is 2.67. The Hall–Kier alpha value is -2.87. The average molecular weight is 285 g/mol. The number of halogens is 1. The second-order valence-electron chi connectivity index (χ2n) is 4.08. The van der Waals surface area contributed by atoms with Crippen molar-refractivity contribution < 1.29 is 18.7 Å². The standard InChI is InChI=1S/C16H12FNO3/c1-2-20-15-9-11(10-18)7-8-14(15)21-16(19)12-5-3-4-6-13(12)17/h3-9H,2H2,1H3. The molecule has 4 nitrogen and oxygen atoms in total. The second kappa shape index (κ2) is 6.53. The Bertz CT molecular complexity index is 707. The highest BCUT2D eigenvalue weighted by Gasteiger charge is 2.16. The first-order chi connectivity index (χ1) is 10.2. The van der Waals surface area contributed by atoms with E-state index in [-0.39, 0.29) is 17.1 Å². The second-order valence-corrected chi connectivity index (χ2v) is 4.08. The number of nitriles is 1. The molecule has 0 aliphatic heterocycles. The van der Waals surface area contributed by atoms with Crippen LogP contribution in [-0.2, 0) is 0 Å². The van der Waals surface area contributed by atoms with Gasteiger partial charge in [0, 0.05) is 6.07 Å². The normalized spacial score (nSPS) is 9.76. The Kier molecular flexibility index (Phi) is 4.52. The van der Waals surface area contributed by atoms with Crippen LogP contribution in [0.2, 0.25) is 0 Å². The Morgan fingerprint density at radius 2 is 2.00 bits per heavy atom. The van der Waals surface area contributed by atoms with E-state index in [4.69, 9.17) is 14.7 Å². The van der Waals surface area contributed by atoms with Crippen LogP contribution >= 0.6 is 0 Å². The minimum atomic E-state index is -0.821. The van der Waals surface area contributed by atoms with Gasteiger partial charge in [0.25, 0.3) is 0 Å². The highest BCUT2D eigenvalue weighted by atomic mass is 19.1. The number of carbonyl (C=O) groups excluding carboxylic acids is 1. The van der Waals surface area contributed by atoms with E-state index in [1.807, 2.05) is 6.07 Å². The third-order valence-electron chi connectivity index (χ3n) is 2.67. The molecule has 0 atom stereocenters. The van der Waals surface area contributed by atoms with Crippen molar-refractivity contribution in [1.82, 2.24) is 0 Å². The first kappa shape index (κ1) is 14.5. The van der Waals surface area contributed by atoms with Gasteiger partial charge in [0.15, 0.2) is 11.5 Å². The Labute approximate surface area is 121 Å². The molecule has 0 heterocycles. The highest BCUT2D eigenvalue weighted by molar-refractivity contribution is 5.91. The van der Waals surface area contributed by atoms with Gasteiger partial charge in [-0.2, -0.15) is 5.26 Å². The lowest BCUT2D eigenvalue weighted by atomic mass is 10.2. The van der Waals surface area contributed by atoms with Gasteiger partial charge in [-0.1, -0.05) is 12.1 Å². The van der Waals surface area contributed by atoms with Gasteiger partial charge >= 0.3 is 5.97 Å². The summed E-state index contributed by atoms with van der Waals surface area (Å²) in [5.41, 5.74) is 0.216. The summed E-state index contributed by atoms with van der Waals surface area (Å²) in [6.45, 7) is 2.11. The lowest BCUT2D eigenvalue weighted by Gasteiger charge is -2.11. The minimum Gasteiger partial charge on any atom is -0.490 e. The summed E-state index contributed by atoms with van der Waals surface area (Å²) in [5, 5.41) is 8.85. The molecule has 0 N–H and O–H groups in total. The number of ether oxygens (including phenoxy) is 2. The fourth-order valence-corrected chi connectivity index (χ4v) is 1.71. The van der Waals surface area contributed by atoms with Crippen LogP contribution in [0, 0.1) is 17.1 Å². The van der Waals surface area contributed by atoms with Crippen LogP contribution in [0.4, 0.5) is 4.39 Å². The smallest absolute Gasteiger partial charge is 0.346 e. The maximum atomic E-state index is 13.5. The number of hydrogen-bond acceptors (Lipinski definition) is 4. The lowest BCUT2D eigenvalue weighted by molar-refractivity contribution is 0.0723. The fourth-order valence-electron chi connectivity index (χ4n) is 1.71. The van der Waals surface area contributed by atoms with Crippen LogP contribution in [0.1, 0.15) is 22.8 Å². The maximum Gasteiger partial charge on any atom is 0.346 e. The van der Waals surface area contributed by atoms with Gasteiger partial charge in [0.1, 0.15) is 5.82 Å². The van der Waals surface area contributed by atoms with E-state index < -0.39 is 11.8 Å². The van der Waals surface area contributed by atoms with Crippen molar-refractivity contribution in [1.29, 1.82) is 5.26 Å². The van der Waals surface area contributed by atoms with Crippen molar-refractivity contribution in [3.05, 3.63) is 59.4 Å². The first-order valence-electron chi connectivity index (χ1n) is 6.29. The zero-order valence-corrected chi connectivity index (χ0v) is 11.3. The van der Waals surface area contributed by atoms with E-state index in [9.17, 15) is 9.18 Å². The summed E-state index contributed by atoms with van der Waals surface area (Å²) >= 11 is 0. The third kappa shape index (κ3) is 3.37. The van der Waals surface area contributed by atoms with E-state index in [1.165, 1.54) is 36.4 Å². The number of benzene rings is 2. The molecule has 0 radical (unpaired) electrons. The molecular formula is C16H12FNO3. The van der Waals surface area contributed by atoms with Gasteiger partial charge in [-0.15, -0.1) is 0 Å². The Morgan fingerprint density at radius 3 is 2.67 bits per heavy atom. The molecule has 2 aromatic carbocycles. The Balaban J connectivity index is 2.29. The molecule has 0 aliphatic carbocycles. The van der Waals surface area contributed by atoms with E-state index in [2.05, 4.69) is 0 Å². The highest BCUT2D eigenvalue weighted by Crippen LogP contribution is 2.29. The van der Waals surface area contributed by atoms with Crippen molar-refractivity contribution in [2.24, 2.45) is 0 Å². The Morgan fingerprint density at radius 1 is 1.24 bits per heavy atom. The largest absolute Gasteiger partial charge is 0.490 e. The molecule has 21 heavy (non-hydrogen) atoms. The monoisotopic (exact) mass is 285 g/mol. The molecule has 0 saturated carbocycles. The summed E-state index contributed by atoms with van der Waals surface area (Å²) in [5.74, 6) is -1.07. The van der Waals surface area contributed by atoms with Crippen LogP contribution < -0.4 is 9.47 Å². The molecule has 5 heteroatoms. The van der Waals surface area contributed by atoms with Gasteiger partial charge in [-0.05, 0) is 31.2 Å². The van der Waals surface area contributed by atoms with E-state index in [0.29, 0.717) is 12.2 Å². The molecule has 2 rings (SSSR count). The molecule has 0 saturated heterocycles. The molecule has 0 unspecified atom stereocenters. The average Bonchev–Trinajstić information content (AvgIpc) is 2.49. The number of nitrogens with zero attached hydrogens (tertiary/aromatic N) is 1. The molecular weight excluding hydrogens is 273 g/mol. The summed E-state index contributed by atoms with van der Waals surface area (Å²) in [6, 6.07) is 11.9. The fraction of sp³-hybridized carbons (Fsp3) is 0.125. The summed E-state index contributed by atoms with van der Waals surface area (Å²) < 4.78 is 24.0. The summed E-state index contributed by atoms with van der Waals surface area (Å²) in [7, 11) is 0. The van der Waals surface area contributed by atoms with Crippen LogP contribution in [0.3, 0.4) is 0 Å². The van der Waals surface area contributed by atoms with E-state index >= 15 is 0 Å². The summed E-state index contributed by atoms with van der Waals surface area (Å²) in [6.07, 6.45) is 0. The van der Waals surface area contributed by atoms with Crippen LogP contribution in [-0.4, -0.2) is 12.6 Å². The molecule has 2 aromatic rings. The predicted molar refractivity (Wildman–Crippen MR) is 73.7 cm³/mol. The van der Waals surface area contributed by atoms with Gasteiger partial charge in [-0.25, -0.2) is 9.18 Å². The maximum absolute atomic E-state index is 13.5. The molecule has 0 spiro atoms. The molecule has 106 valence electrons. The first-order valence-corrected chi connectivity index (χ1v) is 6.29. The summed E-state index contributed by atoms with van der Waals surface area (Å²) in [4.78, 5) is 12.0. The van der Waals surface area contributed by atoms with Crippen LogP contribution in [0.15, 0.2) is 42.5 Å². The number of hydrogen-bond donors (Lipinski definition) is 0. The zero-order valence-electron chi connectivity index (χ0n) is 11.3. The van der Waals surface area contributed by atoms with Gasteiger partial charge in [0.05, 0.1) is 23.8 Å². The number of rotatable bonds is 4. The molecule has 0 fully saturated rings. The van der Waals surface area contributed by atoms with Crippen LogP contribution in [0.25, 0.3) is 0 Å². The molecule has 0 amide bonds. The van der Waals surface area contributed by atoms with Crippen molar-refractivity contribution >= 4 is 5.97 Å². The topological polar surface area (TPSA) is 59.3 Å². The lowest BCUT2D eigenvalue weighted by Crippen LogP contribution is -2.11. The van der Waals surface area contributed by atoms with Crippen molar-refractivity contribution in [3.8, 4) is 17.6 Å². The van der Waals surface area contributed by atoms with Gasteiger partial charge in [0.2, 0.25) is 0 Å². The van der Waals surface area contributed by atoms with E-state index in [0.717, 1.165) is 0 Å². The SMILES string of the molecule is CCOc1cc(C#N)ccc1OC(=O)c1ccccc1F. The molecule has 0 aliphatic rings. The molecule has 0 bridgehead atoms.